The van der Waals surface area contributed by atoms with Crippen molar-refractivity contribution in [2.75, 3.05) is 19.6 Å². The van der Waals surface area contributed by atoms with Gasteiger partial charge in [-0.25, -0.2) is 0 Å². The molecule has 0 aliphatic carbocycles. The van der Waals surface area contributed by atoms with Crippen LogP contribution in [0.1, 0.15) is 40.0 Å². The molecule has 0 aromatic rings. The Morgan fingerprint density at radius 1 is 1.42 bits per heavy atom. The standard InChI is InChI=1S/C15H26N2O2/c1-4-5-6-9-16-14(18)13-8-7-10-17(11-13)15(19)12(2)3/h4-5,12-13H,6-11H2,1-3H3,(H,16,18)/b5-4+. The molecule has 0 bridgehead atoms. The summed E-state index contributed by atoms with van der Waals surface area (Å²) in [7, 11) is 0. The van der Waals surface area contributed by atoms with Crippen LogP contribution in [0.3, 0.4) is 0 Å². The van der Waals surface area contributed by atoms with Crippen molar-refractivity contribution in [2.45, 2.75) is 40.0 Å². The molecule has 0 radical (unpaired) electrons. The zero-order valence-corrected chi connectivity index (χ0v) is 12.3. The molecule has 1 aliphatic rings. The second-order valence-electron chi connectivity index (χ2n) is 5.43. The van der Waals surface area contributed by atoms with Crippen molar-refractivity contribution >= 4 is 11.8 Å². The minimum absolute atomic E-state index is 0.0107. The number of amides is 2. The van der Waals surface area contributed by atoms with Gasteiger partial charge < -0.3 is 10.2 Å². The van der Waals surface area contributed by atoms with Gasteiger partial charge in [0, 0.05) is 25.6 Å². The molecule has 1 fully saturated rings. The number of nitrogens with zero attached hydrogens (tertiary/aromatic N) is 1. The zero-order valence-electron chi connectivity index (χ0n) is 12.3. The van der Waals surface area contributed by atoms with Crippen molar-refractivity contribution in [2.24, 2.45) is 11.8 Å². The van der Waals surface area contributed by atoms with E-state index in [1.165, 1.54) is 0 Å². The van der Waals surface area contributed by atoms with Crippen molar-refractivity contribution < 1.29 is 9.59 Å². The molecular formula is C15H26N2O2. The van der Waals surface area contributed by atoms with Gasteiger partial charge in [-0.15, -0.1) is 0 Å². The summed E-state index contributed by atoms with van der Waals surface area (Å²) in [6.45, 7) is 7.83. The number of likely N-dealkylation sites (tertiary alicyclic amines) is 1. The van der Waals surface area contributed by atoms with Gasteiger partial charge in [0.25, 0.3) is 0 Å². The van der Waals surface area contributed by atoms with Crippen LogP contribution in [-0.2, 0) is 9.59 Å². The summed E-state index contributed by atoms with van der Waals surface area (Å²) in [6, 6.07) is 0. The number of nitrogens with one attached hydrogen (secondary N) is 1. The first kappa shape index (κ1) is 15.7. The Labute approximate surface area is 116 Å². The molecule has 1 aliphatic heterocycles. The first-order valence-corrected chi connectivity index (χ1v) is 7.24. The first-order chi connectivity index (χ1) is 9.06. The summed E-state index contributed by atoms with van der Waals surface area (Å²) in [5.74, 6) is 0.218. The highest BCUT2D eigenvalue weighted by Gasteiger charge is 2.28. The van der Waals surface area contributed by atoms with Crippen molar-refractivity contribution in [3.63, 3.8) is 0 Å². The Morgan fingerprint density at radius 3 is 2.79 bits per heavy atom. The summed E-state index contributed by atoms with van der Waals surface area (Å²) in [5.41, 5.74) is 0. The molecule has 108 valence electrons. The highest BCUT2D eigenvalue weighted by Crippen LogP contribution is 2.18. The maximum Gasteiger partial charge on any atom is 0.225 e. The average Bonchev–Trinajstić information content (AvgIpc) is 2.42. The van der Waals surface area contributed by atoms with E-state index in [0.29, 0.717) is 13.1 Å². The lowest BCUT2D eigenvalue weighted by molar-refractivity contribution is -0.138. The van der Waals surface area contributed by atoms with Crippen molar-refractivity contribution in [1.82, 2.24) is 10.2 Å². The van der Waals surface area contributed by atoms with Gasteiger partial charge in [-0.05, 0) is 26.2 Å². The van der Waals surface area contributed by atoms with Crippen LogP contribution in [0.25, 0.3) is 0 Å². The highest BCUT2D eigenvalue weighted by molar-refractivity contribution is 5.82. The normalized spacial score (nSPS) is 20.0. The number of carbonyl (C=O) groups excluding carboxylic acids is 2. The summed E-state index contributed by atoms with van der Waals surface area (Å²) < 4.78 is 0. The van der Waals surface area contributed by atoms with Crippen LogP contribution in [0.2, 0.25) is 0 Å². The molecule has 1 rings (SSSR count). The lowest BCUT2D eigenvalue weighted by Crippen LogP contribution is -2.46. The van der Waals surface area contributed by atoms with E-state index in [1.54, 1.807) is 0 Å². The molecule has 4 nitrogen and oxygen atoms in total. The monoisotopic (exact) mass is 266 g/mol. The van der Waals surface area contributed by atoms with Crippen LogP contribution in [0.4, 0.5) is 0 Å². The molecule has 1 atom stereocenters. The molecule has 1 N–H and O–H groups in total. The van der Waals surface area contributed by atoms with E-state index in [0.717, 1.165) is 25.8 Å². The summed E-state index contributed by atoms with van der Waals surface area (Å²) in [6.07, 6.45) is 6.69. The van der Waals surface area contributed by atoms with Gasteiger partial charge in [-0.2, -0.15) is 0 Å². The molecule has 0 spiro atoms. The number of hydrogen-bond acceptors (Lipinski definition) is 2. The SMILES string of the molecule is C/C=C/CCNC(=O)C1CCCN(C(=O)C(C)C)C1. The van der Waals surface area contributed by atoms with Crippen LogP contribution in [0.5, 0.6) is 0 Å². The van der Waals surface area contributed by atoms with E-state index in [4.69, 9.17) is 0 Å². The molecular weight excluding hydrogens is 240 g/mol. The van der Waals surface area contributed by atoms with Crippen LogP contribution in [0, 0.1) is 11.8 Å². The molecule has 1 unspecified atom stereocenters. The fourth-order valence-corrected chi connectivity index (χ4v) is 2.35. The molecule has 0 saturated carbocycles. The Balaban J connectivity index is 2.41. The van der Waals surface area contributed by atoms with E-state index < -0.39 is 0 Å². The van der Waals surface area contributed by atoms with Gasteiger partial charge in [0.2, 0.25) is 11.8 Å². The predicted octanol–water partition coefficient (Wildman–Crippen LogP) is 1.96. The zero-order chi connectivity index (χ0) is 14.3. The molecule has 2 amide bonds. The number of piperidine rings is 1. The quantitative estimate of drug-likeness (QED) is 0.611. The van der Waals surface area contributed by atoms with Gasteiger partial charge in [0.1, 0.15) is 0 Å². The Bertz CT molecular complexity index is 337. The second kappa shape index (κ2) is 7.97. The Kier molecular flexibility index (Phi) is 6.60. The molecule has 0 aromatic carbocycles. The third-order valence-corrected chi connectivity index (χ3v) is 3.44. The third kappa shape index (κ3) is 5.05. The third-order valence-electron chi connectivity index (χ3n) is 3.44. The minimum atomic E-state index is -0.0398. The van der Waals surface area contributed by atoms with Gasteiger partial charge in [-0.3, -0.25) is 9.59 Å². The number of hydrogen-bond donors (Lipinski definition) is 1. The summed E-state index contributed by atoms with van der Waals surface area (Å²) in [5, 5.41) is 2.95. The maximum absolute atomic E-state index is 12.0. The maximum atomic E-state index is 12.0. The van der Waals surface area contributed by atoms with Crippen molar-refractivity contribution in [3.05, 3.63) is 12.2 Å². The van der Waals surface area contributed by atoms with Crippen molar-refractivity contribution in [1.29, 1.82) is 0 Å². The number of rotatable bonds is 5. The molecule has 1 saturated heterocycles. The number of allylic oxidation sites excluding steroid dienone is 1. The van der Waals surface area contributed by atoms with E-state index in [1.807, 2.05) is 37.8 Å². The van der Waals surface area contributed by atoms with Crippen LogP contribution in [-0.4, -0.2) is 36.3 Å². The Morgan fingerprint density at radius 2 is 2.16 bits per heavy atom. The Hall–Kier alpha value is -1.32. The van der Waals surface area contributed by atoms with Gasteiger partial charge in [-0.1, -0.05) is 26.0 Å². The lowest BCUT2D eigenvalue weighted by Gasteiger charge is -2.33. The van der Waals surface area contributed by atoms with E-state index in [2.05, 4.69) is 5.32 Å². The second-order valence-corrected chi connectivity index (χ2v) is 5.43. The minimum Gasteiger partial charge on any atom is -0.355 e. The van der Waals surface area contributed by atoms with Gasteiger partial charge in [0.15, 0.2) is 0 Å². The number of carbonyl (C=O) groups is 2. The molecule has 1 heterocycles. The fourth-order valence-electron chi connectivity index (χ4n) is 2.35. The van der Waals surface area contributed by atoms with Crippen molar-refractivity contribution in [3.8, 4) is 0 Å². The van der Waals surface area contributed by atoms with E-state index in [9.17, 15) is 9.59 Å². The predicted molar refractivity (Wildman–Crippen MR) is 76.6 cm³/mol. The largest absolute Gasteiger partial charge is 0.355 e. The first-order valence-electron chi connectivity index (χ1n) is 7.24. The average molecular weight is 266 g/mol. The van der Waals surface area contributed by atoms with Crippen LogP contribution < -0.4 is 5.32 Å². The fraction of sp³-hybridized carbons (Fsp3) is 0.733. The van der Waals surface area contributed by atoms with E-state index in [-0.39, 0.29) is 23.7 Å². The smallest absolute Gasteiger partial charge is 0.225 e. The van der Waals surface area contributed by atoms with Crippen LogP contribution >= 0.6 is 0 Å². The molecule has 19 heavy (non-hydrogen) atoms. The summed E-state index contributed by atoms with van der Waals surface area (Å²) in [4.78, 5) is 25.8. The van der Waals surface area contributed by atoms with Gasteiger partial charge >= 0.3 is 0 Å². The highest BCUT2D eigenvalue weighted by atomic mass is 16.2. The molecule has 0 aromatic heterocycles. The van der Waals surface area contributed by atoms with E-state index >= 15 is 0 Å². The van der Waals surface area contributed by atoms with Crippen LogP contribution in [0.15, 0.2) is 12.2 Å². The topological polar surface area (TPSA) is 49.4 Å². The summed E-state index contributed by atoms with van der Waals surface area (Å²) >= 11 is 0. The molecule has 4 heteroatoms. The lowest BCUT2D eigenvalue weighted by atomic mass is 9.96. The van der Waals surface area contributed by atoms with Gasteiger partial charge in [0.05, 0.1) is 5.92 Å².